The molecule has 2 bridgehead atoms. The Hall–Kier alpha value is -0.380. The summed E-state index contributed by atoms with van der Waals surface area (Å²) in [5.74, 6) is 0. The lowest BCUT2D eigenvalue weighted by Crippen LogP contribution is -2.46. The lowest BCUT2D eigenvalue weighted by molar-refractivity contribution is -0.161. The molecule has 17 heavy (non-hydrogen) atoms. The molecule has 0 radical (unpaired) electrons. The van der Waals surface area contributed by atoms with Crippen LogP contribution in [0.1, 0.15) is 37.4 Å². The van der Waals surface area contributed by atoms with E-state index in [0.717, 1.165) is 42.3 Å². The minimum Gasteiger partial charge on any atom is -0.388 e. The first-order valence-electron chi connectivity index (χ1n) is 6.25. The van der Waals surface area contributed by atoms with Crippen LogP contribution in [-0.4, -0.2) is 17.8 Å². The SMILES string of the molecule is OC(c1ccc(Br)cc1)C12CCC(CC1)OC2. The summed E-state index contributed by atoms with van der Waals surface area (Å²) in [6, 6.07) is 7.99. The quantitative estimate of drug-likeness (QED) is 0.906. The summed E-state index contributed by atoms with van der Waals surface area (Å²) in [7, 11) is 0. The molecule has 3 heteroatoms. The molecule has 1 atom stereocenters. The summed E-state index contributed by atoms with van der Waals surface area (Å²) in [6.07, 6.45) is 4.45. The molecule has 0 amide bonds. The van der Waals surface area contributed by atoms with Crippen molar-refractivity contribution in [3.05, 3.63) is 34.3 Å². The normalized spacial score (nSPS) is 33.6. The highest BCUT2D eigenvalue weighted by molar-refractivity contribution is 9.10. The third-order valence-corrected chi connectivity index (χ3v) is 4.83. The molecule has 2 heterocycles. The Bertz CT molecular complexity index is 379. The van der Waals surface area contributed by atoms with Crippen LogP contribution in [0.15, 0.2) is 28.7 Å². The zero-order valence-electron chi connectivity index (χ0n) is 9.73. The van der Waals surface area contributed by atoms with Crippen LogP contribution in [0.25, 0.3) is 0 Å². The Morgan fingerprint density at radius 1 is 1.24 bits per heavy atom. The van der Waals surface area contributed by atoms with Crippen molar-refractivity contribution in [3.8, 4) is 0 Å². The van der Waals surface area contributed by atoms with E-state index in [4.69, 9.17) is 4.74 Å². The molecular weight excluding hydrogens is 280 g/mol. The molecule has 1 unspecified atom stereocenters. The predicted molar refractivity (Wildman–Crippen MR) is 69.7 cm³/mol. The molecule has 3 aliphatic rings. The summed E-state index contributed by atoms with van der Waals surface area (Å²) < 4.78 is 6.83. The lowest BCUT2D eigenvalue weighted by atomic mass is 9.66. The Morgan fingerprint density at radius 3 is 2.41 bits per heavy atom. The van der Waals surface area contributed by atoms with Crippen molar-refractivity contribution < 1.29 is 9.84 Å². The molecule has 2 saturated heterocycles. The average Bonchev–Trinajstić information content (AvgIpc) is 2.41. The number of aliphatic hydroxyl groups is 1. The average molecular weight is 297 g/mol. The van der Waals surface area contributed by atoms with Crippen molar-refractivity contribution in [1.82, 2.24) is 0 Å². The fraction of sp³-hybridized carbons (Fsp3) is 0.571. The molecule has 1 saturated carbocycles. The minimum atomic E-state index is -0.392. The number of ether oxygens (including phenoxy) is 1. The molecule has 4 rings (SSSR count). The second kappa shape index (κ2) is 4.38. The van der Waals surface area contributed by atoms with Gasteiger partial charge in [-0.05, 0) is 43.4 Å². The molecule has 1 aromatic rings. The van der Waals surface area contributed by atoms with Gasteiger partial charge in [-0.1, -0.05) is 28.1 Å². The van der Waals surface area contributed by atoms with Crippen molar-refractivity contribution in [1.29, 1.82) is 0 Å². The van der Waals surface area contributed by atoms with Crippen LogP contribution in [0.2, 0.25) is 0 Å². The third kappa shape index (κ3) is 2.05. The van der Waals surface area contributed by atoms with Gasteiger partial charge in [0.1, 0.15) is 0 Å². The number of fused-ring (bicyclic) bond motifs is 3. The van der Waals surface area contributed by atoms with Gasteiger partial charge in [0.2, 0.25) is 0 Å². The number of aliphatic hydroxyl groups excluding tert-OH is 1. The summed E-state index contributed by atoms with van der Waals surface area (Å²) in [5.41, 5.74) is 0.972. The van der Waals surface area contributed by atoms with E-state index in [1.165, 1.54) is 0 Å². The van der Waals surface area contributed by atoms with Gasteiger partial charge in [-0.15, -0.1) is 0 Å². The Labute approximate surface area is 110 Å². The fourth-order valence-electron chi connectivity index (χ4n) is 3.11. The van der Waals surface area contributed by atoms with Gasteiger partial charge in [0.05, 0.1) is 18.8 Å². The van der Waals surface area contributed by atoms with Gasteiger partial charge in [0, 0.05) is 9.89 Å². The Kier molecular flexibility index (Phi) is 3.01. The number of benzene rings is 1. The van der Waals surface area contributed by atoms with Gasteiger partial charge in [0.25, 0.3) is 0 Å². The summed E-state index contributed by atoms with van der Waals surface area (Å²) in [5, 5.41) is 10.6. The maximum Gasteiger partial charge on any atom is 0.0868 e. The Morgan fingerprint density at radius 2 is 1.88 bits per heavy atom. The van der Waals surface area contributed by atoms with Crippen LogP contribution in [0.3, 0.4) is 0 Å². The van der Waals surface area contributed by atoms with E-state index in [0.29, 0.717) is 6.10 Å². The maximum absolute atomic E-state index is 10.6. The molecule has 1 aromatic carbocycles. The maximum atomic E-state index is 10.6. The zero-order valence-corrected chi connectivity index (χ0v) is 11.3. The molecule has 2 aliphatic heterocycles. The predicted octanol–water partition coefficient (Wildman–Crippen LogP) is 3.44. The van der Waals surface area contributed by atoms with E-state index >= 15 is 0 Å². The fourth-order valence-corrected chi connectivity index (χ4v) is 3.38. The van der Waals surface area contributed by atoms with Gasteiger partial charge < -0.3 is 9.84 Å². The third-order valence-electron chi connectivity index (χ3n) is 4.30. The second-order valence-corrected chi connectivity index (χ2v) is 6.24. The van der Waals surface area contributed by atoms with Gasteiger partial charge >= 0.3 is 0 Å². The van der Waals surface area contributed by atoms with Crippen LogP contribution >= 0.6 is 15.9 Å². The monoisotopic (exact) mass is 296 g/mol. The number of rotatable bonds is 2. The molecule has 3 fully saturated rings. The summed E-state index contributed by atoms with van der Waals surface area (Å²) in [6.45, 7) is 0.717. The number of halogens is 1. The molecule has 92 valence electrons. The molecule has 1 aliphatic carbocycles. The molecule has 0 aromatic heterocycles. The highest BCUT2D eigenvalue weighted by Gasteiger charge is 2.46. The highest BCUT2D eigenvalue weighted by Crippen LogP contribution is 2.50. The lowest BCUT2D eigenvalue weighted by Gasteiger charge is -2.48. The van der Waals surface area contributed by atoms with Crippen LogP contribution in [0.4, 0.5) is 0 Å². The molecule has 2 nitrogen and oxygen atoms in total. The smallest absolute Gasteiger partial charge is 0.0868 e. The largest absolute Gasteiger partial charge is 0.388 e. The van der Waals surface area contributed by atoms with E-state index in [-0.39, 0.29) is 5.41 Å². The van der Waals surface area contributed by atoms with Gasteiger partial charge in [-0.2, -0.15) is 0 Å². The Balaban J connectivity index is 1.85. The summed E-state index contributed by atoms with van der Waals surface area (Å²) in [4.78, 5) is 0. The van der Waals surface area contributed by atoms with Crippen molar-refractivity contribution in [2.75, 3.05) is 6.61 Å². The van der Waals surface area contributed by atoms with E-state index in [9.17, 15) is 5.11 Å². The summed E-state index contributed by atoms with van der Waals surface area (Å²) >= 11 is 3.42. The second-order valence-electron chi connectivity index (χ2n) is 5.33. The first-order valence-corrected chi connectivity index (χ1v) is 7.04. The molecule has 1 N–H and O–H groups in total. The van der Waals surface area contributed by atoms with Crippen molar-refractivity contribution in [2.24, 2.45) is 5.41 Å². The highest BCUT2D eigenvalue weighted by atomic mass is 79.9. The van der Waals surface area contributed by atoms with E-state index in [1.54, 1.807) is 0 Å². The van der Waals surface area contributed by atoms with Crippen LogP contribution < -0.4 is 0 Å². The van der Waals surface area contributed by atoms with Gasteiger partial charge in [-0.3, -0.25) is 0 Å². The van der Waals surface area contributed by atoms with Crippen molar-refractivity contribution in [3.63, 3.8) is 0 Å². The van der Waals surface area contributed by atoms with Crippen LogP contribution in [-0.2, 0) is 4.74 Å². The zero-order chi connectivity index (χ0) is 11.9. The first kappa shape index (κ1) is 11.7. The van der Waals surface area contributed by atoms with E-state index < -0.39 is 6.10 Å². The first-order chi connectivity index (χ1) is 8.20. The standard InChI is InChI=1S/C14H17BrO2/c15-11-3-1-10(2-4-11)13(16)14-7-5-12(6-8-14)17-9-14/h1-4,12-13,16H,5-9H2. The minimum absolute atomic E-state index is 0.0391. The van der Waals surface area contributed by atoms with E-state index in [1.807, 2.05) is 24.3 Å². The van der Waals surface area contributed by atoms with Crippen LogP contribution in [0, 0.1) is 5.41 Å². The van der Waals surface area contributed by atoms with Crippen LogP contribution in [0.5, 0.6) is 0 Å². The van der Waals surface area contributed by atoms with Crippen molar-refractivity contribution in [2.45, 2.75) is 37.9 Å². The van der Waals surface area contributed by atoms with Crippen molar-refractivity contribution >= 4 is 15.9 Å². The number of hydrogen-bond donors (Lipinski definition) is 1. The van der Waals surface area contributed by atoms with E-state index in [2.05, 4.69) is 15.9 Å². The van der Waals surface area contributed by atoms with Gasteiger partial charge in [-0.25, -0.2) is 0 Å². The molecule has 0 spiro atoms. The van der Waals surface area contributed by atoms with Gasteiger partial charge in [0.15, 0.2) is 0 Å². The molecular formula is C14H17BrO2. The number of hydrogen-bond acceptors (Lipinski definition) is 2. The topological polar surface area (TPSA) is 29.5 Å².